The summed E-state index contributed by atoms with van der Waals surface area (Å²) in [5, 5.41) is 7.08. The molecule has 1 aliphatic rings. The number of H-pyrrole nitrogens is 1. The van der Waals surface area contributed by atoms with Crippen molar-refractivity contribution in [1.29, 1.82) is 0 Å². The highest BCUT2D eigenvalue weighted by molar-refractivity contribution is 7.14. The highest BCUT2D eigenvalue weighted by atomic mass is 32.1. The van der Waals surface area contributed by atoms with E-state index in [2.05, 4.69) is 30.1 Å². The fourth-order valence-electron chi connectivity index (χ4n) is 2.86. The van der Waals surface area contributed by atoms with Gasteiger partial charge in [0.15, 0.2) is 0 Å². The molecule has 0 radical (unpaired) electrons. The standard InChI is InChI=1S/C16H21N3OS/c1-3-5-14-11(4-2)8-15(21-14)16(20)19-7-6-13-12(10-19)9-17-18-13/h8-9H,3-7,10H2,1-2H3,(H,17,18). The molecular formula is C16H21N3OS. The van der Waals surface area contributed by atoms with E-state index in [1.165, 1.54) is 16.1 Å². The van der Waals surface area contributed by atoms with Crippen molar-refractivity contribution in [3.63, 3.8) is 0 Å². The van der Waals surface area contributed by atoms with E-state index in [9.17, 15) is 4.79 Å². The van der Waals surface area contributed by atoms with Crippen molar-refractivity contribution in [2.75, 3.05) is 6.54 Å². The van der Waals surface area contributed by atoms with Gasteiger partial charge in [-0.1, -0.05) is 20.3 Å². The van der Waals surface area contributed by atoms with Crippen molar-refractivity contribution in [2.45, 2.75) is 46.1 Å². The number of fused-ring (bicyclic) bond motifs is 1. The van der Waals surface area contributed by atoms with Crippen LogP contribution in [0.2, 0.25) is 0 Å². The summed E-state index contributed by atoms with van der Waals surface area (Å²) >= 11 is 1.68. The number of nitrogens with zero attached hydrogens (tertiary/aromatic N) is 2. The summed E-state index contributed by atoms with van der Waals surface area (Å²) in [5.74, 6) is 0.170. The first-order valence-electron chi connectivity index (χ1n) is 7.64. The molecule has 0 aromatic carbocycles. The minimum absolute atomic E-state index is 0.170. The topological polar surface area (TPSA) is 49.0 Å². The molecule has 4 nitrogen and oxygen atoms in total. The summed E-state index contributed by atoms with van der Waals surface area (Å²) in [4.78, 5) is 16.9. The second-order valence-electron chi connectivity index (χ2n) is 5.51. The molecule has 0 fully saturated rings. The molecule has 0 atom stereocenters. The number of carbonyl (C=O) groups excluding carboxylic acids is 1. The van der Waals surface area contributed by atoms with E-state index in [4.69, 9.17) is 0 Å². The molecule has 5 heteroatoms. The summed E-state index contributed by atoms with van der Waals surface area (Å²) in [6.45, 7) is 5.80. The number of rotatable bonds is 4. The molecule has 1 amide bonds. The average Bonchev–Trinajstić information content (AvgIpc) is 3.12. The third-order valence-electron chi connectivity index (χ3n) is 4.05. The lowest BCUT2D eigenvalue weighted by molar-refractivity contribution is 0.0739. The lowest BCUT2D eigenvalue weighted by Crippen LogP contribution is -2.35. The SMILES string of the molecule is CCCc1sc(C(=O)N2CCc3[nH]ncc3C2)cc1CC. The number of aryl methyl sites for hydroxylation is 2. The Morgan fingerprint density at radius 3 is 3.10 bits per heavy atom. The summed E-state index contributed by atoms with van der Waals surface area (Å²) in [5.41, 5.74) is 3.66. The molecule has 0 saturated carbocycles. The second kappa shape index (κ2) is 6.02. The molecule has 0 saturated heterocycles. The minimum atomic E-state index is 0.170. The Labute approximate surface area is 129 Å². The predicted octanol–water partition coefficient (Wildman–Crippen LogP) is 3.18. The molecule has 21 heavy (non-hydrogen) atoms. The Bertz CT molecular complexity index is 644. The van der Waals surface area contributed by atoms with Crippen LogP contribution in [0.3, 0.4) is 0 Å². The third kappa shape index (κ3) is 2.75. The van der Waals surface area contributed by atoms with Gasteiger partial charge in [0.25, 0.3) is 5.91 Å². The van der Waals surface area contributed by atoms with Crippen LogP contribution >= 0.6 is 11.3 Å². The van der Waals surface area contributed by atoms with Crippen LogP contribution in [0.1, 0.15) is 51.6 Å². The van der Waals surface area contributed by atoms with Crippen molar-refractivity contribution < 1.29 is 4.79 Å². The number of amides is 1. The van der Waals surface area contributed by atoms with Crippen LogP contribution in [0.4, 0.5) is 0 Å². The van der Waals surface area contributed by atoms with Crippen LogP contribution in [0.5, 0.6) is 0 Å². The maximum atomic E-state index is 12.7. The van der Waals surface area contributed by atoms with Gasteiger partial charge in [0.2, 0.25) is 0 Å². The fourth-order valence-corrected chi connectivity index (χ4v) is 4.18. The third-order valence-corrected chi connectivity index (χ3v) is 5.28. The first-order chi connectivity index (χ1) is 10.2. The zero-order chi connectivity index (χ0) is 14.8. The first-order valence-corrected chi connectivity index (χ1v) is 8.46. The van der Waals surface area contributed by atoms with Gasteiger partial charge in [0.05, 0.1) is 11.1 Å². The van der Waals surface area contributed by atoms with Gasteiger partial charge >= 0.3 is 0 Å². The molecule has 0 unspecified atom stereocenters. The van der Waals surface area contributed by atoms with Gasteiger partial charge in [0.1, 0.15) is 0 Å². The van der Waals surface area contributed by atoms with Crippen LogP contribution < -0.4 is 0 Å². The average molecular weight is 303 g/mol. The predicted molar refractivity (Wildman–Crippen MR) is 84.7 cm³/mol. The summed E-state index contributed by atoms with van der Waals surface area (Å²) in [6.07, 6.45) is 5.92. The molecule has 1 N–H and O–H groups in total. The highest BCUT2D eigenvalue weighted by Gasteiger charge is 2.24. The number of hydrogen-bond donors (Lipinski definition) is 1. The van der Waals surface area contributed by atoms with Gasteiger partial charge in [-0.15, -0.1) is 11.3 Å². The Balaban J connectivity index is 1.79. The molecule has 0 bridgehead atoms. The van der Waals surface area contributed by atoms with E-state index < -0.39 is 0 Å². The van der Waals surface area contributed by atoms with Gasteiger partial charge in [-0.3, -0.25) is 9.89 Å². The van der Waals surface area contributed by atoms with E-state index in [1.807, 2.05) is 11.1 Å². The zero-order valence-corrected chi connectivity index (χ0v) is 13.4. The van der Waals surface area contributed by atoms with Gasteiger partial charge < -0.3 is 4.90 Å². The molecule has 3 rings (SSSR count). The quantitative estimate of drug-likeness (QED) is 0.943. The number of nitrogens with one attached hydrogen (secondary N) is 1. The molecule has 2 aromatic heterocycles. The fraction of sp³-hybridized carbons (Fsp3) is 0.500. The van der Waals surface area contributed by atoms with Crippen molar-refractivity contribution >= 4 is 17.2 Å². The first kappa shape index (κ1) is 14.3. The van der Waals surface area contributed by atoms with E-state index in [-0.39, 0.29) is 5.91 Å². The second-order valence-corrected chi connectivity index (χ2v) is 6.65. The Morgan fingerprint density at radius 2 is 2.33 bits per heavy atom. The van der Waals surface area contributed by atoms with E-state index in [0.29, 0.717) is 6.54 Å². The van der Waals surface area contributed by atoms with E-state index in [1.54, 1.807) is 11.3 Å². The van der Waals surface area contributed by atoms with Crippen molar-refractivity contribution in [3.8, 4) is 0 Å². The van der Waals surface area contributed by atoms with Crippen LogP contribution in [-0.4, -0.2) is 27.5 Å². The van der Waals surface area contributed by atoms with E-state index in [0.717, 1.165) is 42.7 Å². The Hall–Kier alpha value is -1.62. The maximum absolute atomic E-state index is 12.7. The van der Waals surface area contributed by atoms with Crippen molar-refractivity contribution in [3.05, 3.63) is 38.8 Å². The number of hydrogen-bond acceptors (Lipinski definition) is 3. The number of aromatic nitrogens is 2. The largest absolute Gasteiger partial charge is 0.333 e. The monoisotopic (exact) mass is 303 g/mol. The molecule has 3 heterocycles. The summed E-state index contributed by atoms with van der Waals surface area (Å²) in [6, 6.07) is 2.10. The molecule has 1 aliphatic heterocycles. The smallest absolute Gasteiger partial charge is 0.264 e. The van der Waals surface area contributed by atoms with Gasteiger partial charge in [-0.2, -0.15) is 5.10 Å². The van der Waals surface area contributed by atoms with Crippen molar-refractivity contribution in [1.82, 2.24) is 15.1 Å². The zero-order valence-electron chi connectivity index (χ0n) is 12.6. The normalized spacial score (nSPS) is 14.3. The maximum Gasteiger partial charge on any atom is 0.264 e. The summed E-state index contributed by atoms with van der Waals surface area (Å²) < 4.78 is 0. The Kier molecular flexibility index (Phi) is 4.10. The number of thiophene rings is 1. The lowest BCUT2D eigenvalue weighted by Gasteiger charge is -2.26. The van der Waals surface area contributed by atoms with Gasteiger partial charge in [-0.25, -0.2) is 0 Å². The van der Waals surface area contributed by atoms with Gasteiger partial charge in [-0.05, 0) is 24.5 Å². The van der Waals surface area contributed by atoms with Crippen LogP contribution in [0.15, 0.2) is 12.3 Å². The Morgan fingerprint density at radius 1 is 1.48 bits per heavy atom. The number of aromatic amines is 1. The highest BCUT2D eigenvalue weighted by Crippen LogP contribution is 2.27. The molecular weight excluding hydrogens is 282 g/mol. The van der Waals surface area contributed by atoms with Crippen molar-refractivity contribution in [2.24, 2.45) is 0 Å². The summed E-state index contributed by atoms with van der Waals surface area (Å²) in [7, 11) is 0. The minimum Gasteiger partial charge on any atom is -0.333 e. The number of carbonyl (C=O) groups is 1. The molecule has 112 valence electrons. The van der Waals surface area contributed by atoms with Crippen LogP contribution in [-0.2, 0) is 25.8 Å². The van der Waals surface area contributed by atoms with Crippen LogP contribution in [0.25, 0.3) is 0 Å². The lowest BCUT2D eigenvalue weighted by atomic mass is 10.1. The molecule has 0 aliphatic carbocycles. The van der Waals surface area contributed by atoms with Gasteiger partial charge in [0, 0.05) is 35.6 Å². The molecule has 0 spiro atoms. The molecule has 2 aromatic rings. The van der Waals surface area contributed by atoms with E-state index >= 15 is 0 Å². The van der Waals surface area contributed by atoms with Crippen LogP contribution in [0, 0.1) is 0 Å².